The zero-order valence-corrected chi connectivity index (χ0v) is 19.7. The van der Waals surface area contributed by atoms with Gasteiger partial charge in [-0.05, 0) is 43.3 Å². The summed E-state index contributed by atoms with van der Waals surface area (Å²) in [6.07, 6.45) is 1.55. The molecule has 2 aromatic carbocycles. The summed E-state index contributed by atoms with van der Waals surface area (Å²) in [6.45, 7) is 5.01. The topological polar surface area (TPSA) is 70.4 Å². The lowest BCUT2D eigenvalue weighted by Crippen LogP contribution is -2.21. The van der Waals surface area contributed by atoms with Gasteiger partial charge in [0.1, 0.15) is 11.3 Å². The number of hydrogen-bond acceptors (Lipinski definition) is 5. The van der Waals surface area contributed by atoms with Crippen LogP contribution in [0.2, 0.25) is 20.1 Å². The minimum atomic E-state index is -0.771. The molecule has 32 heavy (non-hydrogen) atoms. The van der Waals surface area contributed by atoms with Crippen LogP contribution in [0.4, 0.5) is 0 Å². The van der Waals surface area contributed by atoms with Crippen molar-refractivity contribution in [2.24, 2.45) is 0 Å². The number of allylic oxidation sites excluding steroid dienone is 1. The van der Waals surface area contributed by atoms with E-state index < -0.39 is 18.4 Å². The molecule has 0 aliphatic carbocycles. The molecule has 0 saturated heterocycles. The molecule has 0 amide bonds. The number of halogens is 4. The minimum absolute atomic E-state index is 0.0563. The van der Waals surface area contributed by atoms with E-state index in [2.05, 4.69) is 11.7 Å². The van der Waals surface area contributed by atoms with Crippen molar-refractivity contribution in [3.8, 4) is 11.6 Å². The van der Waals surface area contributed by atoms with Crippen molar-refractivity contribution in [1.82, 2.24) is 9.78 Å². The molecule has 10 heteroatoms. The van der Waals surface area contributed by atoms with Crippen molar-refractivity contribution >= 4 is 58.2 Å². The summed E-state index contributed by atoms with van der Waals surface area (Å²) in [5.74, 6) is -1.06. The maximum absolute atomic E-state index is 13.2. The lowest BCUT2D eigenvalue weighted by Gasteiger charge is -2.11. The molecule has 0 fully saturated rings. The maximum atomic E-state index is 13.2. The number of esters is 1. The van der Waals surface area contributed by atoms with E-state index in [4.69, 9.17) is 55.9 Å². The largest absolute Gasteiger partial charge is 0.480 e. The highest BCUT2D eigenvalue weighted by atomic mass is 35.5. The Labute approximate surface area is 204 Å². The van der Waals surface area contributed by atoms with Crippen molar-refractivity contribution in [3.63, 3.8) is 0 Å². The van der Waals surface area contributed by atoms with Crippen LogP contribution in [0.5, 0.6) is 11.6 Å². The van der Waals surface area contributed by atoms with Gasteiger partial charge in [-0.25, -0.2) is 9.48 Å². The average molecular weight is 514 g/mol. The number of benzene rings is 2. The predicted octanol–water partition coefficient (Wildman–Crippen LogP) is 6.21. The number of carbonyl (C=O) groups is 2. The number of carbonyl (C=O) groups excluding carboxylic acids is 2. The molecule has 0 aliphatic heterocycles. The SMILES string of the molecule is C=CCn1nc(C)c(C(=O)c2cc(Cl)ccc2Cl)c1OC(=O)COc1ccc(Cl)cc1Cl. The molecule has 0 unspecified atom stereocenters. The fourth-order valence-corrected chi connectivity index (χ4v) is 3.68. The highest BCUT2D eigenvalue weighted by Gasteiger charge is 2.27. The van der Waals surface area contributed by atoms with Gasteiger partial charge in [-0.3, -0.25) is 4.79 Å². The lowest BCUT2D eigenvalue weighted by atomic mass is 10.0. The molecule has 3 rings (SSSR count). The minimum Gasteiger partial charge on any atom is -0.480 e. The van der Waals surface area contributed by atoms with Gasteiger partial charge in [0.25, 0.3) is 0 Å². The van der Waals surface area contributed by atoms with Gasteiger partial charge >= 0.3 is 5.97 Å². The normalized spacial score (nSPS) is 10.7. The van der Waals surface area contributed by atoms with Crippen LogP contribution in [0.3, 0.4) is 0 Å². The van der Waals surface area contributed by atoms with Gasteiger partial charge in [0, 0.05) is 15.6 Å². The highest BCUT2D eigenvalue weighted by molar-refractivity contribution is 6.37. The smallest absolute Gasteiger partial charge is 0.350 e. The van der Waals surface area contributed by atoms with Crippen LogP contribution >= 0.6 is 46.4 Å². The molecule has 6 nitrogen and oxygen atoms in total. The molecule has 0 saturated carbocycles. The quantitative estimate of drug-likeness (QED) is 0.203. The molecule has 0 atom stereocenters. The summed E-state index contributed by atoms with van der Waals surface area (Å²) in [6, 6.07) is 9.10. The third-order valence-corrected chi connectivity index (χ3v) is 5.33. The Balaban J connectivity index is 1.89. The van der Waals surface area contributed by atoms with Gasteiger partial charge in [0.2, 0.25) is 11.7 Å². The van der Waals surface area contributed by atoms with Gasteiger partial charge in [-0.15, -0.1) is 6.58 Å². The number of aryl methyl sites for hydroxylation is 1. The first kappa shape index (κ1) is 24.1. The number of ketones is 1. The average Bonchev–Trinajstić information content (AvgIpc) is 3.03. The Kier molecular flexibility index (Phi) is 7.85. The second-order valence-corrected chi connectivity index (χ2v) is 8.21. The molecule has 1 heterocycles. The summed E-state index contributed by atoms with van der Waals surface area (Å²) in [5, 5.41) is 5.49. The second kappa shape index (κ2) is 10.4. The van der Waals surface area contributed by atoms with Crippen molar-refractivity contribution in [1.29, 1.82) is 0 Å². The van der Waals surface area contributed by atoms with Crippen molar-refractivity contribution in [3.05, 3.63) is 86.0 Å². The number of rotatable bonds is 8. The summed E-state index contributed by atoms with van der Waals surface area (Å²) in [5.41, 5.74) is 0.577. The van der Waals surface area contributed by atoms with Gasteiger partial charge in [0.15, 0.2) is 6.61 Å². The molecule has 0 spiro atoms. The van der Waals surface area contributed by atoms with Gasteiger partial charge in [0.05, 0.1) is 22.3 Å². The number of ether oxygens (including phenoxy) is 2. The van der Waals surface area contributed by atoms with Crippen molar-refractivity contribution in [2.45, 2.75) is 13.5 Å². The molecule has 3 aromatic rings. The molecular formula is C22H16Cl4N2O4. The van der Waals surface area contributed by atoms with Crippen LogP contribution in [0, 0.1) is 6.92 Å². The fraction of sp³-hybridized carbons (Fsp3) is 0.136. The van der Waals surface area contributed by atoms with Crippen LogP contribution in [-0.2, 0) is 11.3 Å². The summed E-state index contributed by atoms with van der Waals surface area (Å²) >= 11 is 24.1. The third kappa shape index (κ3) is 5.45. The van der Waals surface area contributed by atoms with E-state index in [0.29, 0.717) is 15.7 Å². The van der Waals surface area contributed by atoms with E-state index in [1.807, 2.05) is 0 Å². The van der Waals surface area contributed by atoms with Crippen LogP contribution in [0.25, 0.3) is 0 Å². The Morgan fingerprint density at radius 3 is 2.44 bits per heavy atom. The molecule has 0 N–H and O–H groups in total. The van der Waals surface area contributed by atoms with E-state index in [1.54, 1.807) is 25.1 Å². The predicted molar refractivity (Wildman–Crippen MR) is 125 cm³/mol. The molecule has 0 radical (unpaired) electrons. The Morgan fingerprint density at radius 2 is 1.75 bits per heavy atom. The first-order valence-corrected chi connectivity index (χ1v) is 10.7. The van der Waals surface area contributed by atoms with E-state index >= 15 is 0 Å². The van der Waals surface area contributed by atoms with E-state index in [9.17, 15) is 9.59 Å². The van der Waals surface area contributed by atoms with Crippen molar-refractivity contribution in [2.75, 3.05) is 6.61 Å². The Hall–Kier alpha value is -2.51. The number of aromatic nitrogens is 2. The first-order valence-electron chi connectivity index (χ1n) is 9.17. The standard InChI is InChI=1S/C22H16Cl4N2O4/c1-3-8-28-22(32-19(29)11-31-18-7-5-14(24)10-17(18)26)20(12(2)27-28)21(30)15-9-13(23)4-6-16(15)25/h3-7,9-10H,1,8,11H2,2H3. The number of nitrogens with zero attached hydrogens (tertiary/aromatic N) is 2. The summed E-state index contributed by atoms with van der Waals surface area (Å²) < 4.78 is 12.2. The van der Waals surface area contributed by atoms with E-state index in [1.165, 1.54) is 28.9 Å². The Morgan fingerprint density at radius 1 is 1.06 bits per heavy atom. The molecule has 1 aromatic heterocycles. The first-order chi connectivity index (χ1) is 15.2. The molecular weight excluding hydrogens is 498 g/mol. The van der Waals surface area contributed by atoms with Gasteiger partial charge in [-0.2, -0.15) is 5.10 Å². The summed E-state index contributed by atoms with van der Waals surface area (Å²) in [4.78, 5) is 25.8. The van der Waals surface area contributed by atoms with Gasteiger partial charge in [-0.1, -0.05) is 52.5 Å². The van der Waals surface area contributed by atoms with Crippen LogP contribution in [0.1, 0.15) is 21.6 Å². The van der Waals surface area contributed by atoms with Crippen LogP contribution < -0.4 is 9.47 Å². The molecule has 0 aliphatic rings. The maximum Gasteiger partial charge on any atom is 0.350 e. The van der Waals surface area contributed by atoms with E-state index in [0.717, 1.165) is 0 Å². The van der Waals surface area contributed by atoms with Crippen LogP contribution in [-0.4, -0.2) is 28.1 Å². The lowest BCUT2D eigenvalue weighted by molar-refractivity contribution is -0.137. The molecule has 0 bridgehead atoms. The number of hydrogen-bond donors (Lipinski definition) is 0. The second-order valence-electron chi connectivity index (χ2n) is 6.53. The third-order valence-electron chi connectivity index (χ3n) is 4.23. The van der Waals surface area contributed by atoms with Gasteiger partial charge < -0.3 is 9.47 Å². The zero-order chi connectivity index (χ0) is 23.4. The Bertz CT molecular complexity index is 1210. The molecule has 166 valence electrons. The van der Waals surface area contributed by atoms with E-state index in [-0.39, 0.29) is 39.3 Å². The van der Waals surface area contributed by atoms with Crippen molar-refractivity contribution < 1.29 is 19.1 Å². The van der Waals surface area contributed by atoms with Crippen LogP contribution in [0.15, 0.2) is 49.1 Å². The fourth-order valence-electron chi connectivity index (χ4n) is 2.84. The highest BCUT2D eigenvalue weighted by Crippen LogP contribution is 2.31. The summed E-state index contributed by atoms with van der Waals surface area (Å²) in [7, 11) is 0. The monoisotopic (exact) mass is 512 g/mol. The zero-order valence-electron chi connectivity index (χ0n) is 16.7.